The first-order valence-electron chi connectivity index (χ1n) is 14.0. The maximum Gasteiger partial charge on any atom is 0.308 e. The van der Waals surface area contributed by atoms with Crippen molar-refractivity contribution >= 4 is 56.1 Å². The molecular formula is C31H36BrClFN3O3. The first-order chi connectivity index (χ1) is 19.3. The summed E-state index contributed by atoms with van der Waals surface area (Å²) in [5.41, 5.74) is 3.00. The second-order valence-corrected chi connectivity index (χ2v) is 11.6. The van der Waals surface area contributed by atoms with Crippen LogP contribution in [0, 0.1) is 6.92 Å². The quantitative estimate of drug-likeness (QED) is 0.218. The molecule has 0 saturated carbocycles. The number of benzene rings is 2. The molecule has 4 rings (SSSR count). The molecule has 0 spiro atoms. The summed E-state index contributed by atoms with van der Waals surface area (Å²) in [6, 6.07) is 13.2. The van der Waals surface area contributed by atoms with Gasteiger partial charge in [0.2, 0.25) is 6.36 Å². The van der Waals surface area contributed by atoms with Crippen LogP contribution in [0.5, 0.6) is 0 Å². The van der Waals surface area contributed by atoms with Gasteiger partial charge < -0.3 is 15.0 Å². The summed E-state index contributed by atoms with van der Waals surface area (Å²) in [5.74, 6) is -0.238. The molecule has 1 fully saturated rings. The van der Waals surface area contributed by atoms with Crippen molar-refractivity contribution < 1.29 is 18.7 Å². The Morgan fingerprint density at radius 1 is 1.15 bits per heavy atom. The Hall–Kier alpha value is -2.71. The van der Waals surface area contributed by atoms with Gasteiger partial charge in [-0.1, -0.05) is 52.7 Å². The molecule has 9 heteroatoms. The Kier molecular flexibility index (Phi) is 10.8. The number of nitrogens with zero attached hydrogens (tertiary/aromatic N) is 2. The van der Waals surface area contributed by atoms with Gasteiger partial charge in [-0.05, 0) is 68.9 Å². The zero-order chi connectivity index (χ0) is 28.6. The van der Waals surface area contributed by atoms with E-state index in [1.807, 2.05) is 50.2 Å². The topological polar surface area (TPSA) is 71.5 Å². The van der Waals surface area contributed by atoms with Crippen LogP contribution >= 0.6 is 27.5 Å². The van der Waals surface area contributed by atoms with Crippen LogP contribution in [0.15, 0.2) is 46.9 Å². The molecule has 1 N–H and O–H groups in total. The third-order valence-electron chi connectivity index (χ3n) is 7.37. The van der Waals surface area contributed by atoms with Crippen LogP contribution in [0.1, 0.15) is 79.3 Å². The molecule has 1 aromatic heterocycles. The number of carbonyl (C=O) groups excluding carboxylic acids is 2. The van der Waals surface area contributed by atoms with E-state index in [2.05, 4.69) is 26.1 Å². The van der Waals surface area contributed by atoms with Gasteiger partial charge in [-0.15, -0.1) is 0 Å². The smallest absolute Gasteiger partial charge is 0.308 e. The maximum absolute atomic E-state index is 13.9. The molecular weight excluding hydrogens is 597 g/mol. The molecule has 1 amide bonds. The zero-order valence-electron chi connectivity index (χ0n) is 23.0. The number of piperidine rings is 1. The fraction of sp³-hybridized carbons (Fsp3) is 0.452. The van der Waals surface area contributed by atoms with Crippen molar-refractivity contribution in [1.82, 2.24) is 10.3 Å². The van der Waals surface area contributed by atoms with Gasteiger partial charge in [-0.3, -0.25) is 9.59 Å². The lowest BCUT2D eigenvalue weighted by atomic mass is 9.93. The summed E-state index contributed by atoms with van der Waals surface area (Å²) in [4.78, 5) is 33.4. The van der Waals surface area contributed by atoms with Crippen molar-refractivity contribution in [1.29, 1.82) is 0 Å². The number of nitrogens with one attached hydrogen (secondary N) is 1. The van der Waals surface area contributed by atoms with Crippen molar-refractivity contribution in [3.05, 3.63) is 68.7 Å². The fourth-order valence-electron chi connectivity index (χ4n) is 5.28. The van der Waals surface area contributed by atoms with Gasteiger partial charge in [0.15, 0.2) is 0 Å². The van der Waals surface area contributed by atoms with E-state index in [1.165, 1.54) is 6.42 Å². The zero-order valence-corrected chi connectivity index (χ0v) is 25.4. The number of ether oxygens (including phenoxy) is 1. The van der Waals surface area contributed by atoms with E-state index in [-0.39, 0.29) is 31.2 Å². The van der Waals surface area contributed by atoms with Crippen molar-refractivity contribution in [2.45, 2.75) is 71.1 Å². The number of anilines is 1. The van der Waals surface area contributed by atoms with E-state index in [1.54, 1.807) is 6.07 Å². The van der Waals surface area contributed by atoms with Crippen LogP contribution in [0.25, 0.3) is 10.9 Å². The molecule has 1 saturated heterocycles. The minimum Gasteiger partial charge on any atom is -0.431 e. The summed E-state index contributed by atoms with van der Waals surface area (Å²) in [6.45, 7) is 5.87. The molecule has 2 atom stereocenters. The number of halogens is 3. The lowest BCUT2D eigenvalue weighted by molar-refractivity contribution is -0.158. The third kappa shape index (κ3) is 7.52. The molecule has 0 aliphatic carbocycles. The normalized spacial score (nSPS) is 15.1. The molecule has 3 aromatic rings. The molecule has 0 bridgehead atoms. The van der Waals surface area contributed by atoms with Gasteiger partial charge >= 0.3 is 5.97 Å². The summed E-state index contributed by atoms with van der Waals surface area (Å²) in [5, 5.41) is 4.43. The number of alkyl halides is 1. The number of rotatable bonds is 11. The van der Waals surface area contributed by atoms with Crippen LogP contribution < -0.4 is 10.2 Å². The first-order valence-corrected chi connectivity index (χ1v) is 15.2. The predicted octanol–water partition coefficient (Wildman–Crippen LogP) is 7.88. The van der Waals surface area contributed by atoms with E-state index >= 15 is 0 Å². The highest BCUT2D eigenvalue weighted by atomic mass is 79.9. The van der Waals surface area contributed by atoms with Crippen LogP contribution in [0.4, 0.5) is 10.2 Å². The molecule has 6 nitrogen and oxygen atoms in total. The Bertz CT molecular complexity index is 1350. The van der Waals surface area contributed by atoms with Gasteiger partial charge in [-0.2, -0.15) is 0 Å². The van der Waals surface area contributed by atoms with Crippen LogP contribution in [0.3, 0.4) is 0 Å². The van der Waals surface area contributed by atoms with E-state index in [4.69, 9.17) is 21.3 Å². The number of hydrogen-bond acceptors (Lipinski definition) is 5. The number of esters is 1. The van der Waals surface area contributed by atoms with Crippen molar-refractivity contribution in [3.8, 4) is 0 Å². The molecule has 214 valence electrons. The Labute approximate surface area is 248 Å². The molecule has 40 heavy (non-hydrogen) atoms. The average Bonchev–Trinajstić information content (AvgIpc) is 2.94. The average molecular weight is 633 g/mol. The van der Waals surface area contributed by atoms with Gasteiger partial charge in [-0.25, -0.2) is 9.37 Å². The van der Waals surface area contributed by atoms with Crippen molar-refractivity contribution in [2.75, 3.05) is 24.5 Å². The highest BCUT2D eigenvalue weighted by molar-refractivity contribution is 9.10. The van der Waals surface area contributed by atoms with Gasteiger partial charge in [0, 0.05) is 58.8 Å². The number of aromatic nitrogens is 1. The largest absolute Gasteiger partial charge is 0.431 e. The lowest BCUT2D eigenvalue weighted by Crippen LogP contribution is -2.33. The van der Waals surface area contributed by atoms with E-state index < -0.39 is 12.3 Å². The number of pyridine rings is 1. The van der Waals surface area contributed by atoms with Crippen LogP contribution in [-0.4, -0.2) is 42.9 Å². The Morgan fingerprint density at radius 2 is 1.90 bits per heavy atom. The molecule has 1 aliphatic heterocycles. The number of hydrogen-bond donors (Lipinski definition) is 1. The van der Waals surface area contributed by atoms with E-state index in [0.717, 1.165) is 58.3 Å². The predicted molar refractivity (Wildman–Crippen MR) is 162 cm³/mol. The van der Waals surface area contributed by atoms with Crippen LogP contribution in [0.2, 0.25) is 5.02 Å². The minimum atomic E-state index is -1.60. The molecule has 0 radical (unpaired) electrons. The van der Waals surface area contributed by atoms with Gasteiger partial charge in [0.05, 0.1) is 11.1 Å². The van der Waals surface area contributed by atoms with Gasteiger partial charge in [0.1, 0.15) is 5.82 Å². The second kappa shape index (κ2) is 14.3. The maximum atomic E-state index is 13.9. The second-order valence-electron chi connectivity index (χ2n) is 10.3. The molecule has 1 aliphatic rings. The number of amides is 1. The number of fused-ring (bicyclic) bond motifs is 1. The Morgan fingerprint density at radius 3 is 2.62 bits per heavy atom. The van der Waals surface area contributed by atoms with Gasteiger partial charge in [0.25, 0.3) is 5.91 Å². The van der Waals surface area contributed by atoms with E-state index in [9.17, 15) is 14.0 Å². The molecule has 2 aromatic carbocycles. The summed E-state index contributed by atoms with van der Waals surface area (Å²) >= 11 is 10.1. The van der Waals surface area contributed by atoms with Crippen molar-refractivity contribution in [2.24, 2.45) is 0 Å². The highest BCUT2D eigenvalue weighted by Crippen LogP contribution is 2.33. The SMILES string of the molecule is CCCC(F)OC(=O)CCC(CNC(=O)c1c(C)c(N2CCCCC2)nc2ccc(Br)cc12)c1ccccc1Cl. The lowest BCUT2D eigenvalue weighted by Gasteiger charge is -2.30. The standard InChI is InChI=1S/C31H36BrClFN3O3/c1-3-9-27(34)40-28(38)15-12-21(23-10-5-6-11-25(23)33)19-35-31(39)29-20(2)30(37-16-7-4-8-17-37)36-26-14-13-22(32)18-24(26)29/h5-6,10-11,13-14,18,21,27H,3-4,7-9,12,15-17,19H2,1-2H3,(H,35,39). The summed E-state index contributed by atoms with van der Waals surface area (Å²) < 4.78 is 19.6. The highest BCUT2D eigenvalue weighted by Gasteiger charge is 2.24. The molecule has 2 heterocycles. The Balaban J connectivity index is 1.59. The monoisotopic (exact) mass is 631 g/mol. The first kappa shape index (κ1) is 30.3. The van der Waals surface area contributed by atoms with Crippen molar-refractivity contribution in [3.63, 3.8) is 0 Å². The fourth-order valence-corrected chi connectivity index (χ4v) is 5.93. The van der Waals surface area contributed by atoms with E-state index in [0.29, 0.717) is 23.4 Å². The summed E-state index contributed by atoms with van der Waals surface area (Å²) in [7, 11) is 0. The summed E-state index contributed by atoms with van der Waals surface area (Å²) in [6.07, 6.45) is 2.92. The minimum absolute atomic E-state index is 0.0131. The van der Waals surface area contributed by atoms with Crippen LogP contribution in [-0.2, 0) is 9.53 Å². The third-order valence-corrected chi connectivity index (χ3v) is 8.21. The number of carbonyl (C=O) groups is 2. The molecule has 2 unspecified atom stereocenters.